The lowest BCUT2D eigenvalue weighted by Gasteiger charge is -2.11. The SMILES string of the molecule is NCCc1cccc(C(=O)NC2CCS(=O)(=O)C2)c1. The Morgan fingerprint density at radius 1 is 1.42 bits per heavy atom. The number of hydrogen-bond donors (Lipinski definition) is 2. The summed E-state index contributed by atoms with van der Waals surface area (Å²) in [6.45, 7) is 0.534. The van der Waals surface area contributed by atoms with Crippen LogP contribution in [0.1, 0.15) is 22.3 Å². The lowest BCUT2D eigenvalue weighted by Crippen LogP contribution is -2.35. The fourth-order valence-corrected chi connectivity index (χ4v) is 3.89. The number of hydrogen-bond acceptors (Lipinski definition) is 4. The summed E-state index contributed by atoms with van der Waals surface area (Å²) in [7, 11) is -2.97. The van der Waals surface area contributed by atoms with Crippen molar-refractivity contribution in [1.29, 1.82) is 0 Å². The number of benzene rings is 1. The van der Waals surface area contributed by atoms with Gasteiger partial charge in [0.1, 0.15) is 0 Å². The smallest absolute Gasteiger partial charge is 0.251 e. The van der Waals surface area contributed by atoms with E-state index in [0.717, 1.165) is 12.0 Å². The molecule has 0 bridgehead atoms. The maximum absolute atomic E-state index is 12.0. The number of nitrogens with two attached hydrogens (primary N) is 1. The topological polar surface area (TPSA) is 89.3 Å². The van der Waals surface area contributed by atoms with Gasteiger partial charge in [-0.25, -0.2) is 8.42 Å². The second-order valence-electron chi connectivity index (χ2n) is 4.81. The molecular formula is C13H18N2O3S. The quantitative estimate of drug-likeness (QED) is 0.820. The Kier molecular flexibility index (Phi) is 4.21. The van der Waals surface area contributed by atoms with Crippen LogP contribution in [0.5, 0.6) is 0 Å². The highest BCUT2D eigenvalue weighted by molar-refractivity contribution is 7.91. The average molecular weight is 282 g/mol. The van der Waals surface area contributed by atoms with E-state index >= 15 is 0 Å². The van der Waals surface area contributed by atoms with Gasteiger partial charge in [-0.1, -0.05) is 12.1 Å². The van der Waals surface area contributed by atoms with Crippen molar-refractivity contribution in [3.63, 3.8) is 0 Å². The van der Waals surface area contributed by atoms with E-state index in [1.165, 1.54) is 0 Å². The van der Waals surface area contributed by atoms with E-state index < -0.39 is 9.84 Å². The Balaban J connectivity index is 2.02. The zero-order chi connectivity index (χ0) is 13.9. The number of carbonyl (C=O) groups excluding carboxylic acids is 1. The second kappa shape index (κ2) is 5.71. The maximum atomic E-state index is 12.0. The highest BCUT2D eigenvalue weighted by atomic mass is 32.2. The monoisotopic (exact) mass is 282 g/mol. The van der Waals surface area contributed by atoms with Crippen LogP contribution in [0.4, 0.5) is 0 Å². The van der Waals surface area contributed by atoms with Crippen molar-refractivity contribution < 1.29 is 13.2 Å². The van der Waals surface area contributed by atoms with Gasteiger partial charge in [-0.2, -0.15) is 0 Å². The average Bonchev–Trinajstić information content (AvgIpc) is 2.69. The first-order valence-corrected chi connectivity index (χ1v) is 8.12. The van der Waals surface area contributed by atoms with Crippen LogP contribution in [-0.2, 0) is 16.3 Å². The van der Waals surface area contributed by atoms with Gasteiger partial charge in [0.05, 0.1) is 11.5 Å². The number of amides is 1. The minimum absolute atomic E-state index is 0.0429. The fraction of sp³-hybridized carbons (Fsp3) is 0.462. The van der Waals surface area contributed by atoms with Gasteiger partial charge in [0.15, 0.2) is 9.84 Å². The Labute approximate surface area is 113 Å². The molecule has 2 rings (SSSR count). The molecule has 19 heavy (non-hydrogen) atoms. The van der Waals surface area contributed by atoms with Crippen molar-refractivity contribution in [3.05, 3.63) is 35.4 Å². The molecule has 0 radical (unpaired) electrons. The molecule has 1 aromatic rings. The van der Waals surface area contributed by atoms with Gasteiger partial charge in [-0.15, -0.1) is 0 Å². The molecule has 0 aliphatic carbocycles. The molecule has 104 valence electrons. The molecule has 1 atom stereocenters. The summed E-state index contributed by atoms with van der Waals surface area (Å²) in [5.74, 6) is -0.0205. The number of carbonyl (C=O) groups is 1. The summed E-state index contributed by atoms with van der Waals surface area (Å²) in [5.41, 5.74) is 7.04. The van der Waals surface area contributed by atoms with Crippen molar-refractivity contribution >= 4 is 15.7 Å². The predicted molar refractivity (Wildman–Crippen MR) is 73.7 cm³/mol. The third kappa shape index (κ3) is 3.78. The molecule has 1 amide bonds. The highest BCUT2D eigenvalue weighted by Crippen LogP contribution is 2.13. The van der Waals surface area contributed by atoms with Crippen LogP contribution in [0.25, 0.3) is 0 Å². The van der Waals surface area contributed by atoms with Crippen molar-refractivity contribution in [1.82, 2.24) is 5.32 Å². The first-order valence-electron chi connectivity index (χ1n) is 6.30. The lowest BCUT2D eigenvalue weighted by atomic mass is 10.1. The molecule has 0 spiro atoms. The van der Waals surface area contributed by atoms with Gasteiger partial charge in [0.2, 0.25) is 0 Å². The van der Waals surface area contributed by atoms with Crippen molar-refractivity contribution in [2.24, 2.45) is 5.73 Å². The van der Waals surface area contributed by atoms with Gasteiger partial charge in [-0.3, -0.25) is 4.79 Å². The van der Waals surface area contributed by atoms with Crippen LogP contribution in [0, 0.1) is 0 Å². The number of rotatable bonds is 4. The molecule has 5 nitrogen and oxygen atoms in total. The summed E-state index contributed by atoms with van der Waals surface area (Å²) >= 11 is 0. The van der Waals surface area contributed by atoms with Gasteiger partial charge in [0.25, 0.3) is 5.91 Å². The Bertz CT molecular complexity index is 569. The molecular weight excluding hydrogens is 264 g/mol. The molecule has 1 heterocycles. The van der Waals surface area contributed by atoms with E-state index in [9.17, 15) is 13.2 Å². The molecule has 1 unspecified atom stereocenters. The van der Waals surface area contributed by atoms with Crippen molar-refractivity contribution in [3.8, 4) is 0 Å². The minimum Gasteiger partial charge on any atom is -0.348 e. The zero-order valence-electron chi connectivity index (χ0n) is 10.6. The van der Waals surface area contributed by atoms with Crippen LogP contribution in [0.2, 0.25) is 0 Å². The highest BCUT2D eigenvalue weighted by Gasteiger charge is 2.29. The molecule has 1 saturated heterocycles. The minimum atomic E-state index is -2.97. The largest absolute Gasteiger partial charge is 0.348 e. The Morgan fingerprint density at radius 3 is 2.84 bits per heavy atom. The normalized spacial score (nSPS) is 21.2. The van der Waals surface area contributed by atoms with Crippen LogP contribution >= 0.6 is 0 Å². The van der Waals surface area contributed by atoms with E-state index in [1.54, 1.807) is 12.1 Å². The number of nitrogens with one attached hydrogen (secondary N) is 1. The fourth-order valence-electron chi connectivity index (χ4n) is 2.21. The van der Waals surface area contributed by atoms with Gasteiger partial charge in [0, 0.05) is 11.6 Å². The second-order valence-corrected chi connectivity index (χ2v) is 7.04. The molecule has 0 aromatic heterocycles. The zero-order valence-corrected chi connectivity index (χ0v) is 11.4. The predicted octanol–water partition coefficient (Wildman–Crippen LogP) is 0.105. The molecule has 1 aromatic carbocycles. The lowest BCUT2D eigenvalue weighted by molar-refractivity contribution is 0.0941. The Morgan fingerprint density at radius 2 is 2.21 bits per heavy atom. The summed E-state index contributed by atoms with van der Waals surface area (Å²) in [5, 5.41) is 2.77. The van der Waals surface area contributed by atoms with E-state index in [4.69, 9.17) is 5.73 Å². The van der Waals surface area contributed by atoms with Gasteiger partial charge < -0.3 is 11.1 Å². The van der Waals surface area contributed by atoms with Crippen molar-refractivity contribution in [2.45, 2.75) is 18.9 Å². The first kappa shape index (κ1) is 14.0. The van der Waals surface area contributed by atoms with E-state index in [2.05, 4.69) is 5.32 Å². The van der Waals surface area contributed by atoms with E-state index in [-0.39, 0.29) is 23.5 Å². The van der Waals surface area contributed by atoms with Crippen LogP contribution in [-0.4, -0.2) is 38.4 Å². The van der Waals surface area contributed by atoms with Crippen LogP contribution < -0.4 is 11.1 Å². The third-order valence-electron chi connectivity index (χ3n) is 3.19. The molecule has 1 aliphatic rings. The molecule has 1 aliphatic heterocycles. The maximum Gasteiger partial charge on any atom is 0.251 e. The van der Waals surface area contributed by atoms with E-state index in [0.29, 0.717) is 18.5 Å². The summed E-state index contributed by atoms with van der Waals surface area (Å²) in [4.78, 5) is 12.0. The molecule has 6 heteroatoms. The van der Waals surface area contributed by atoms with Crippen LogP contribution in [0.15, 0.2) is 24.3 Å². The first-order chi connectivity index (χ1) is 9.00. The van der Waals surface area contributed by atoms with Gasteiger partial charge in [-0.05, 0) is 37.1 Å². The van der Waals surface area contributed by atoms with Crippen molar-refractivity contribution in [2.75, 3.05) is 18.1 Å². The standard InChI is InChI=1S/C13H18N2O3S/c14-6-4-10-2-1-3-11(8-10)13(16)15-12-5-7-19(17,18)9-12/h1-3,8,12H,4-7,9,14H2,(H,15,16). The summed E-state index contributed by atoms with van der Waals surface area (Å²) in [6.07, 6.45) is 1.22. The number of sulfone groups is 1. The van der Waals surface area contributed by atoms with Gasteiger partial charge >= 0.3 is 0 Å². The summed E-state index contributed by atoms with van der Waals surface area (Å²) < 4.78 is 22.7. The van der Waals surface area contributed by atoms with Crippen LogP contribution in [0.3, 0.4) is 0 Å². The summed E-state index contributed by atoms with van der Waals surface area (Å²) in [6, 6.07) is 6.98. The Hall–Kier alpha value is -1.40. The third-order valence-corrected chi connectivity index (χ3v) is 4.96. The molecule has 3 N–H and O–H groups in total. The molecule has 0 saturated carbocycles. The molecule has 1 fully saturated rings. The van der Waals surface area contributed by atoms with E-state index in [1.807, 2.05) is 12.1 Å².